The molecule has 0 aliphatic carbocycles. The lowest BCUT2D eigenvalue weighted by Crippen LogP contribution is -2.25. The molecule has 0 atom stereocenters. The fourth-order valence-corrected chi connectivity index (χ4v) is 4.59. The van der Waals surface area contributed by atoms with Gasteiger partial charge in [-0.1, -0.05) is 35.3 Å². The van der Waals surface area contributed by atoms with Gasteiger partial charge in [-0.2, -0.15) is 9.97 Å². The largest absolute Gasteiger partial charge is 0.384 e. The van der Waals surface area contributed by atoms with Crippen molar-refractivity contribution >= 4 is 51.7 Å². The molecule has 0 spiro atoms. The number of aromatic nitrogens is 4. The zero-order valence-electron chi connectivity index (χ0n) is 17.8. The Balaban J connectivity index is 1.51. The first-order chi connectivity index (χ1) is 15.9. The number of benzene rings is 2. The van der Waals surface area contributed by atoms with E-state index in [1.165, 1.54) is 21.9 Å². The third kappa shape index (κ3) is 4.13. The predicted molar refractivity (Wildman–Crippen MR) is 132 cm³/mol. The van der Waals surface area contributed by atoms with E-state index in [0.29, 0.717) is 11.3 Å². The molecule has 8 nitrogen and oxygen atoms in total. The average Bonchev–Trinajstić information content (AvgIpc) is 2.97. The SMILES string of the molecule is CN1CCc2ccc(Nc3ncc4c(N)n(-c5c(Cl)cccc5Cl)c(=O)nc4n3)cc2CC1. The second-order valence-corrected chi connectivity index (χ2v) is 8.84. The van der Waals surface area contributed by atoms with Crippen molar-refractivity contribution in [2.24, 2.45) is 0 Å². The number of nitrogens with zero attached hydrogens (tertiary/aromatic N) is 5. The molecule has 2 aromatic heterocycles. The van der Waals surface area contributed by atoms with Crippen LogP contribution in [0.3, 0.4) is 0 Å². The molecule has 4 aromatic rings. The van der Waals surface area contributed by atoms with Gasteiger partial charge in [0.1, 0.15) is 5.82 Å². The van der Waals surface area contributed by atoms with Crippen molar-refractivity contribution in [3.05, 3.63) is 74.3 Å². The van der Waals surface area contributed by atoms with Crippen LogP contribution in [0, 0.1) is 0 Å². The minimum Gasteiger partial charge on any atom is -0.384 e. The van der Waals surface area contributed by atoms with E-state index in [9.17, 15) is 4.79 Å². The molecule has 5 rings (SSSR count). The zero-order chi connectivity index (χ0) is 23.1. The lowest BCUT2D eigenvalue weighted by Gasteiger charge is -2.14. The highest BCUT2D eigenvalue weighted by Gasteiger charge is 2.18. The normalized spacial score (nSPS) is 14.2. The Morgan fingerprint density at radius 3 is 2.52 bits per heavy atom. The molecule has 1 aliphatic heterocycles. The minimum absolute atomic E-state index is 0.112. The standard InChI is InChI=1S/C23H21Cl2N7O/c1-31-9-7-13-5-6-15(11-14(13)8-10-31)28-22-27-12-16-20(26)32(23(33)30-21(16)29-22)19-17(24)3-2-4-18(19)25/h2-6,11-12H,7-10,26H2,1H3,(H,28,29,30,33). The average molecular weight is 482 g/mol. The fraction of sp³-hybridized carbons (Fsp3) is 0.217. The van der Waals surface area contributed by atoms with Gasteiger partial charge in [-0.3, -0.25) is 0 Å². The molecule has 0 saturated carbocycles. The fourth-order valence-electron chi connectivity index (χ4n) is 4.03. The van der Waals surface area contributed by atoms with Crippen LogP contribution < -0.4 is 16.7 Å². The second kappa shape index (κ2) is 8.62. The monoisotopic (exact) mass is 481 g/mol. The molecule has 2 aromatic carbocycles. The summed E-state index contributed by atoms with van der Waals surface area (Å²) in [5.74, 6) is 0.439. The highest BCUT2D eigenvalue weighted by Crippen LogP contribution is 2.30. The van der Waals surface area contributed by atoms with Crippen LogP contribution in [0.15, 0.2) is 47.4 Å². The van der Waals surface area contributed by atoms with Gasteiger partial charge in [0.25, 0.3) is 0 Å². The Kier molecular flexibility index (Phi) is 5.65. The predicted octanol–water partition coefficient (Wildman–Crippen LogP) is 3.84. The highest BCUT2D eigenvalue weighted by molar-refractivity contribution is 6.37. The number of nitrogens with two attached hydrogens (primary N) is 1. The number of nitrogen functional groups attached to an aromatic ring is 1. The number of rotatable bonds is 3. The van der Waals surface area contributed by atoms with Crippen LogP contribution in [-0.2, 0) is 12.8 Å². The lowest BCUT2D eigenvalue weighted by atomic mass is 10.0. The van der Waals surface area contributed by atoms with E-state index in [4.69, 9.17) is 28.9 Å². The number of para-hydroxylation sites is 1. The molecule has 0 saturated heterocycles. The number of likely N-dealkylation sites (N-methyl/N-ethyl adjacent to an activating group) is 1. The summed E-state index contributed by atoms with van der Waals surface area (Å²) in [6.07, 6.45) is 3.55. The highest BCUT2D eigenvalue weighted by atomic mass is 35.5. The van der Waals surface area contributed by atoms with Crippen LogP contribution in [0.5, 0.6) is 0 Å². The summed E-state index contributed by atoms with van der Waals surface area (Å²) in [4.78, 5) is 28.0. The van der Waals surface area contributed by atoms with Gasteiger partial charge in [0.2, 0.25) is 5.95 Å². The van der Waals surface area contributed by atoms with Gasteiger partial charge < -0.3 is 16.0 Å². The van der Waals surface area contributed by atoms with Gasteiger partial charge in [-0.15, -0.1) is 0 Å². The van der Waals surface area contributed by atoms with Crippen LogP contribution >= 0.6 is 23.2 Å². The Labute approximate surface area is 200 Å². The first kappa shape index (κ1) is 21.6. The maximum Gasteiger partial charge on any atom is 0.355 e. The molecule has 33 heavy (non-hydrogen) atoms. The van der Waals surface area contributed by atoms with E-state index < -0.39 is 5.69 Å². The summed E-state index contributed by atoms with van der Waals surface area (Å²) < 4.78 is 1.17. The van der Waals surface area contributed by atoms with Crippen LogP contribution in [0.2, 0.25) is 10.0 Å². The zero-order valence-corrected chi connectivity index (χ0v) is 19.4. The van der Waals surface area contributed by atoms with Crippen molar-refractivity contribution < 1.29 is 0 Å². The Bertz CT molecular complexity index is 1420. The summed E-state index contributed by atoms with van der Waals surface area (Å²) in [6.45, 7) is 2.07. The first-order valence-electron chi connectivity index (χ1n) is 10.5. The molecule has 0 radical (unpaired) electrons. The van der Waals surface area contributed by atoms with Gasteiger partial charge >= 0.3 is 5.69 Å². The maximum atomic E-state index is 12.8. The summed E-state index contributed by atoms with van der Waals surface area (Å²) in [5, 5.41) is 4.20. The van der Waals surface area contributed by atoms with E-state index in [1.807, 2.05) is 6.07 Å². The summed E-state index contributed by atoms with van der Waals surface area (Å²) in [6, 6.07) is 11.2. The number of anilines is 3. The van der Waals surface area contributed by atoms with E-state index in [0.717, 1.165) is 31.6 Å². The van der Waals surface area contributed by atoms with Crippen molar-refractivity contribution in [2.75, 3.05) is 31.2 Å². The van der Waals surface area contributed by atoms with Crippen molar-refractivity contribution in [1.82, 2.24) is 24.4 Å². The molecule has 1 aliphatic rings. The molecule has 0 amide bonds. The first-order valence-corrected chi connectivity index (χ1v) is 11.2. The Morgan fingerprint density at radius 1 is 1.03 bits per heavy atom. The molecular formula is C23H21Cl2N7O. The quantitative estimate of drug-likeness (QED) is 0.458. The van der Waals surface area contributed by atoms with Gasteiger partial charge in [-0.25, -0.2) is 14.3 Å². The van der Waals surface area contributed by atoms with Crippen molar-refractivity contribution in [1.29, 1.82) is 0 Å². The summed E-state index contributed by atoms with van der Waals surface area (Å²) in [7, 11) is 2.14. The summed E-state index contributed by atoms with van der Waals surface area (Å²) in [5.41, 5.74) is 9.67. The summed E-state index contributed by atoms with van der Waals surface area (Å²) >= 11 is 12.5. The van der Waals surface area contributed by atoms with Gasteiger partial charge in [0.15, 0.2) is 5.65 Å². The molecule has 3 heterocycles. The minimum atomic E-state index is -0.631. The smallest absolute Gasteiger partial charge is 0.355 e. The Morgan fingerprint density at radius 2 is 1.76 bits per heavy atom. The third-order valence-electron chi connectivity index (χ3n) is 5.83. The van der Waals surface area contributed by atoms with Crippen LogP contribution in [0.4, 0.5) is 17.5 Å². The van der Waals surface area contributed by atoms with E-state index in [2.05, 4.69) is 44.3 Å². The van der Waals surface area contributed by atoms with Crippen molar-refractivity contribution in [2.45, 2.75) is 12.8 Å². The van der Waals surface area contributed by atoms with Crippen molar-refractivity contribution in [3.8, 4) is 5.69 Å². The van der Waals surface area contributed by atoms with E-state index >= 15 is 0 Å². The number of fused-ring (bicyclic) bond motifs is 2. The number of hydrogen-bond acceptors (Lipinski definition) is 7. The molecular weight excluding hydrogens is 461 g/mol. The molecule has 10 heteroatoms. The van der Waals surface area contributed by atoms with Gasteiger partial charge in [-0.05, 0) is 55.3 Å². The van der Waals surface area contributed by atoms with E-state index in [-0.39, 0.29) is 27.2 Å². The molecule has 0 fully saturated rings. The van der Waals surface area contributed by atoms with Gasteiger partial charge in [0, 0.05) is 25.0 Å². The second-order valence-electron chi connectivity index (χ2n) is 8.03. The van der Waals surface area contributed by atoms with E-state index in [1.54, 1.807) is 18.2 Å². The topological polar surface area (TPSA) is 102 Å². The van der Waals surface area contributed by atoms with Crippen LogP contribution in [0.25, 0.3) is 16.7 Å². The number of halogens is 2. The van der Waals surface area contributed by atoms with Gasteiger partial charge in [0.05, 0.1) is 21.1 Å². The Hall–Kier alpha value is -3.20. The molecule has 3 N–H and O–H groups in total. The van der Waals surface area contributed by atoms with Crippen LogP contribution in [-0.4, -0.2) is 44.6 Å². The van der Waals surface area contributed by atoms with Crippen LogP contribution in [0.1, 0.15) is 11.1 Å². The molecule has 0 unspecified atom stereocenters. The third-order valence-corrected chi connectivity index (χ3v) is 6.44. The number of hydrogen-bond donors (Lipinski definition) is 2. The molecule has 168 valence electrons. The number of nitrogens with one attached hydrogen (secondary N) is 1. The van der Waals surface area contributed by atoms with Crippen molar-refractivity contribution in [3.63, 3.8) is 0 Å². The molecule has 0 bridgehead atoms. The maximum absolute atomic E-state index is 12.8. The lowest BCUT2D eigenvalue weighted by molar-refractivity contribution is 0.352.